The predicted molar refractivity (Wildman–Crippen MR) is 67.1 cm³/mol. The van der Waals surface area contributed by atoms with E-state index >= 15 is 0 Å². The van der Waals surface area contributed by atoms with E-state index in [0.29, 0.717) is 6.07 Å². The Morgan fingerprint density at radius 3 is 2.50 bits per heavy atom. The molecule has 3 N–H and O–H groups in total. The zero-order chi connectivity index (χ0) is 15.4. The first kappa shape index (κ1) is 15.3. The zero-order valence-electron chi connectivity index (χ0n) is 10.5. The quantitative estimate of drug-likeness (QED) is 0.586. The predicted octanol–water partition coefficient (Wildman–Crippen LogP) is 0.744. The summed E-state index contributed by atoms with van der Waals surface area (Å²) in [6, 6.07) is 1.34. The molecule has 0 unspecified atom stereocenters. The van der Waals surface area contributed by atoms with Gasteiger partial charge in [-0.1, -0.05) is 0 Å². The average molecular weight is 285 g/mol. The molecule has 0 aromatic heterocycles. The number of halogens is 1. The highest BCUT2D eigenvalue weighted by molar-refractivity contribution is 5.94. The molecule has 108 valence electrons. The number of likely N-dealkylation sites (N-methyl/N-ethyl adjacent to an activating group) is 1. The van der Waals surface area contributed by atoms with Crippen LogP contribution in [-0.2, 0) is 4.79 Å². The van der Waals surface area contributed by atoms with Gasteiger partial charge < -0.3 is 15.7 Å². The van der Waals surface area contributed by atoms with Gasteiger partial charge in [-0.25, -0.2) is 9.18 Å². The Bertz CT molecular complexity index is 575. The van der Waals surface area contributed by atoms with Crippen LogP contribution < -0.4 is 10.6 Å². The van der Waals surface area contributed by atoms with Gasteiger partial charge in [-0.15, -0.1) is 0 Å². The minimum Gasteiger partial charge on any atom is -0.477 e. The summed E-state index contributed by atoms with van der Waals surface area (Å²) in [7, 11) is 0. The maximum atomic E-state index is 13.9. The second-order valence-electron chi connectivity index (χ2n) is 3.86. The van der Waals surface area contributed by atoms with Gasteiger partial charge in [0.05, 0.1) is 23.2 Å². The number of carboxylic acid groups (broad SMARTS) is 1. The molecule has 0 spiro atoms. The third-order valence-corrected chi connectivity index (χ3v) is 2.56. The second-order valence-corrected chi connectivity index (χ2v) is 3.86. The molecule has 0 saturated heterocycles. The summed E-state index contributed by atoms with van der Waals surface area (Å²) in [5.41, 5.74) is 3.27. The van der Waals surface area contributed by atoms with Crippen molar-refractivity contribution in [3.63, 3.8) is 0 Å². The van der Waals surface area contributed by atoms with Crippen LogP contribution in [0.5, 0.6) is 0 Å². The number of nitrogens with zero attached hydrogens (tertiary/aromatic N) is 2. The van der Waals surface area contributed by atoms with E-state index < -0.39 is 33.9 Å². The van der Waals surface area contributed by atoms with Crippen LogP contribution in [0.3, 0.4) is 0 Å². The van der Waals surface area contributed by atoms with Gasteiger partial charge in [-0.05, 0) is 13.0 Å². The van der Waals surface area contributed by atoms with Crippen molar-refractivity contribution in [1.29, 1.82) is 0 Å². The maximum Gasteiger partial charge on any atom is 0.342 e. The molecule has 0 bridgehead atoms. The van der Waals surface area contributed by atoms with Crippen molar-refractivity contribution in [2.45, 2.75) is 6.92 Å². The molecule has 1 aromatic carbocycles. The highest BCUT2D eigenvalue weighted by atomic mass is 19.1. The van der Waals surface area contributed by atoms with E-state index in [1.54, 1.807) is 6.92 Å². The highest BCUT2D eigenvalue weighted by Crippen LogP contribution is 2.28. The van der Waals surface area contributed by atoms with Crippen LogP contribution in [0.15, 0.2) is 12.1 Å². The number of nitro benzene ring substituents is 1. The van der Waals surface area contributed by atoms with Gasteiger partial charge in [0.15, 0.2) is 5.82 Å². The Morgan fingerprint density at radius 1 is 1.50 bits per heavy atom. The molecule has 0 radical (unpaired) electrons. The summed E-state index contributed by atoms with van der Waals surface area (Å²) in [5, 5.41) is 19.6. The Balaban J connectivity index is 3.41. The molecule has 1 aromatic rings. The number of benzene rings is 1. The largest absolute Gasteiger partial charge is 0.477 e. The van der Waals surface area contributed by atoms with Gasteiger partial charge in [0.25, 0.3) is 5.69 Å². The first-order valence-corrected chi connectivity index (χ1v) is 5.52. The van der Waals surface area contributed by atoms with E-state index in [1.807, 2.05) is 0 Å². The minimum atomic E-state index is -1.56. The Morgan fingerprint density at radius 2 is 2.10 bits per heavy atom. The molecule has 1 amide bonds. The summed E-state index contributed by atoms with van der Waals surface area (Å²) in [6.07, 6.45) is 0. The van der Waals surface area contributed by atoms with Crippen molar-refractivity contribution in [2.24, 2.45) is 5.73 Å². The molecule has 8 nitrogen and oxygen atoms in total. The molecule has 1 rings (SSSR count). The van der Waals surface area contributed by atoms with Crippen molar-refractivity contribution >= 4 is 23.3 Å². The van der Waals surface area contributed by atoms with Crippen LogP contribution in [0, 0.1) is 15.9 Å². The van der Waals surface area contributed by atoms with Crippen LogP contribution >= 0.6 is 0 Å². The molecule has 0 aliphatic carbocycles. The van der Waals surface area contributed by atoms with E-state index in [1.165, 1.54) is 4.90 Å². The van der Waals surface area contributed by atoms with E-state index in [0.717, 1.165) is 6.07 Å². The van der Waals surface area contributed by atoms with Gasteiger partial charge in [0.2, 0.25) is 5.91 Å². The number of amides is 1. The Hall–Kier alpha value is -2.71. The fraction of sp³-hybridized carbons (Fsp3) is 0.273. The smallest absolute Gasteiger partial charge is 0.342 e. The van der Waals surface area contributed by atoms with Crippen molar-refractivity contribution in [2.75, 3.05) is 18.0 Å². The number of carboxylic acids is 1. The molecular formula is C11H12FN3O5. The van der Waals surface area contributed by atoms with Gasteiger partial charge in [-0.3, -0.25) is 14.9 Å². The van der Waals surface area contributed by atoms with E-state index in [-0.39, 0.29) is 18.8 Å². The van der Waals surface area contributed by atoms with Crippen molar-refractivity contribution < 1.29 is 24.0 Å². The number of carbonyl (C=O) groups excluding carboxylic acids is 1. The fourth-order valence-corrected chi connectivity index (χ4v) is 1.67. The number of carbonyl (C=O) groups is 2. The van der Waals surface area contributed by atoms with Crippen molar-refractivity contribution in [1.82, 2.24) is 0 Å². The lowest BCUT2D eigenvalue weighted by atomic mass is 10.1. The number of anilines is 1. The van der Waals surface area contributed by atoms with Crippen LogP contribution in [-0.4, -0.2) is 35.0 Å². The van der Waals surface area contributed by atoms with E-state index in [4.69, 9.17) is 10.8 Å². The highest BCUT2D eigenvalue weighted by Gasteiger charge is 2.25. The van der Waals surface area contributed by atoms with Gasteiger partial charge in [-0.2, -0.15) is 0 Å². The maximum absolute atomic E-state index is 13.9. The second kappa shape index (κ2) is 5.95. The van der Waals surface area contributed by atoms with Gasteiger partial charge >= 0.3 is 5.97 Å². The molecular weight excluding hydrogens is 273 g/mol. The molecule has 0 heterocycles. The number of primary amides is 1. The van der Waals surface area contributed by atoms with Crippen LogP contribution in [0.1, 0.15) is 17.3 Å². The number of aromatic carboxylic acids is 1. The van der Waals surface area contributed by atoms with Crippen LogP contribution in [0.25, 0.3) is 0 Å². The summed E-state index contributed by atoms with van der Waals surface area (Å²) in [4.78, 5) is 32.8. The molecule has 0 aliphatic heterocycles. The zero-order valence-corrected chi connectivity index (χ0v) is 10.5. The van der Waals surface area contributed by atoms with E-state index in [2.05, 4.69) is 0 Å². The summed E-state index contributed by atoms with van der Waals surface area (Å²) >= 11 is 0. The summed E-state index contributed by atoms with van der Waals surface area (Å²) in [5.74, 6) is -3.29. The lowest BCUT2D eigenvalue weighted by Crippen LogP contribution is -2.34. The Labute approximate surface area is 112 Å². The number of hydrogen-bond donors (Lipinski definition) is 2. The minimum absolute atomic E-state index is 0.177. The normalized spacial score (nSPS) is 10.1. The molecule has 0 fully saturated rings. The average Bonchev–Trinajstić information content (AvgIpc) is 2.35. The third kappa shape index (κ3) is 3.19. The van der Waals surface area contributed by atoms with Gasteiger partial charge in [0.1, 0.15) is 5.56 Å². The molecule has 20 heavy (non-hydrogen) atoms. The lowest BCUT2D eigenvalue weighted by molar-refractivity contribution is -0.385. The first-order valence-electron chi connectivity index (χ1n) is 5.52. The summed E-state index contributed by atoms with van der Waals surface area (Å²) < 4.78 is 13.9. The topological polar surface area (TPSA) is 127 Å². The number of rotatable bonds is 6. The van der Waals surface area contributed by atoms with Gasteiger partial charge in [0, 0.05) is 6.54 Å². The fourth-order valence-electron chi connectivity index (χ4n) is 1.67. The van der Waals surface area contributed by atoms with Crippen molar-refractivity contribution in [3.8, 4) is 0 Å². The van der Waals surface area contributed by atoms with Crippen LogP contribution in [0.4, 0.5) is 15.8 Å². The molecule has 0 saturated carbocycles. The number of nitro groups is 1. The third-order valence-electron chi connectivity index (χ3n) is 2.56. The van der Waals surface area contributed by atoms with Crippen LogP contribution in [0.2, 0.25) is 0 Å². The molecule has 0 atom stereocenters. The number of hydrogen-bond acceptors (Lipinski definition) is 5. The lowest BCUT2D eigenvalue weighted by Gasteiger charge is -2.22. The summed E-state index contributed by atoms with van der Waals surface area (Å²) in [6.45, 7) is 1.45. The standard InChI is InChI=1S/C11H12FN3O5/c1-2-14(5-10(13)16)9-3-6(11(17)18)8(15(19)20)4-7(9)12/h3-4H,2,5H2,1H3,(H2,13,16)(H,17,18). The molecule has 0 aliphatic rings. The monoisotopic (exact) mass is 285 g/mol. The molecule has 9 heteroatoms. The number of nitrogens with two attached hydrogens (primary N) is 1. The first-order chi connectivity index (χ1) is 9.27. The Kier molecular flexibility index (Phi) is 4.57. The SMILES string of the molecule is CCN(CC(N)=O)c1cc(C(=O)O)c([N+](=O)[O-])cc1F. The van der Waals surface area contributed by atoms with E-state index in [9.17, 15) is 24.1 Å². The van der Waals surface area contributed by atoms with Crippen molar-refractivity contribution in [3.05, 3.63) is 33.6 Å².